The Balaban J connectivity index is 1.80. The average Bonchev–Trinajstić information content (AvgIpc) is 3.44. The second-order valence-corrected chi connectivity index (χ2v) is 11.5. The molecule has 1 aromatic rings. The number of aliphatic hydroxyl groups is 1. The molecule has 39 heavy (non-hydrogen) atoms. The molecule has 212 valence electrons. The molecular formula is C31H43N3O5. The van der Waals surface area contributed by atoms with Crippen LogP contribution in [0.5, 0.6) is 0 Å². The van der Waals surface area contributed by atoms with E-state index in [0.717, 1.165) is 12.0 Å². The summed E-state index contributed by atoms with van der Waals surface area (Å²) in [7, 11) is 0. The van der Waals surface area contributed by atoms with E-state index in [0.29, 0.717) is 32.6 Å². The van der Waals surface area contributed by atoms with Gasteiger partial charge in [0.15, 0.2) is 0 Å². The summed E-state index contributed by atoms with van der Waals surface area (Å²) in [5.74, 6) is -2.27. The maximum atomic E-state index is 14.5. The van der Waals surface area contributed by atoms with Crippen molar-refractivity contribution in [3.8, 4) is 0 Å². The summed E-state index contributed by atoms with van der Waals surface area (Å²) in [5.41, 5.74) is -1.09. The molecule has 8 heteroatoms. The van der Waals surface area contributed by atoms with Gasteiger partial charge in [-0.05, 0) is 38.2 Å². The molecule has 0 aromatic heterocycles. The molecule has 3 aliphatic rings. The molecule has 1 spiro atoms. The van der Waals surface area contributed by atoms with Gasteiger partial charge in [0.05, 0.1) is 30.1 Å². The molecule has 0 aliphatic carbocycles. The van der Waals surface area contributed by atoms with Crippen molar-refractivity contribution in [1.82, 2.24) is 14.7 Å². The molecule has 3 unspecified atom stereocenters. The summed E-state index contributed by atoms with van der Waals surface area (Å²) in [6, 6.07) is 8.10. The molecule has 2 bridgehead atoms. The Kier molecular flexibility index (Phi) is 8.38. The fraction of sp³-hybridized carbons (Fsp3) is 0.581. The standard InChI is InChI=1S/C31H43N3O5/c1-7-15-32(16-8-2)27(36)24-25-28(37)34(22(5)20-35)26(31(25)18-21(4)30(24,6)39-31)29(38)33(17-9-3)19-23-13-11-10-12-14-23/h7,9-14,21-22,24-26,35H,1,3,8,15-20H2,2,4-6H3/t21?,22-,24-,25+,26?,30+,31?/m1/s1. The lowest BCUT2D eigenvalue weighted by Crippen LogP contribution is -2.58. The number of rotatable bonds is 12. The van der Waals surface area contributed by atoms with Gasteiger partial charge in [-0.2, -0.15) is 0 Å². The number of carbonyl (C=O) groups excluding carboxylic acids is 3. The largest absolute Gasteiger partial charge is 0.394 e. The molecule has 3 aliphatic heterocycles. The number of benzene rings is 1. The Labute approximate surface area is 232 Å². The first kappa shape index (κ1) is 29.0. The molecule has 4 rings (SSSR count). The van der Waals surface area contributed by atoms with Gasteiger partial charge in [-0.15, -0.1) is 13.2 Å². The van der Waals surface area contributed by atoms with E-state index in [1.807, 2.05) is 51.1 Å². The van der Waals surface area contributed by atoms with Crippen LogP contribution in [0.15, 0.2) is 55.6 Å². The lowest BCUT2D eigenvalue weighted by molar-refractivity contribution is -0.157. The quantitative estimate of drug-likeness (QED) is 0.414. The Morgan fingerprint density at radius 1 is 1.18 bits per heavy atom. The highest BCUT2D eigenvalue weighted by molar-refractivity contribution is 5.99. The van der Waals surface area contributed by atoms with Gasteiger partial charge < -0.3 is 24.5 Å². The van der Waals surface area contributed by atoms with E-state index in [1.54, 1.807) is 28.9 Å². The minimum atomic E-state index is -1.16. The van der Waals surface area contributed by atoms with Gasteiger partial charge in [0.2, 0.25) is 17.7 Å². The van der Waals surface area contributed by atoms with Crippen LogP contribution in [0, 0.1) is 17.8 Å². The van der Waals surface area contributed by atoms with E-state index < -0.39 is 35.1 Å². The molecule has 0 radical (unpaired) electrons. The Bertz CT molecular complexity index is 1110. The number of ether oxygens (including phenoxy) is 1. The van der Waals surface area contributed by atoms with Crippen molar-refractivity contribution in [2.45, 2.75) is 70.4 Å². The third-order valence-corrected chi connectivity index (χ3v) is 9.02. The minimum Gasteiger partial charge on any atom is -0.394 e. The van der Waals surface area contributed by atoms with E-state index in [-0.39, 0.29) is 30.2 Å². The highest BCUT2D eigenvalue weighted by Crippen LogP contribution is 2.65. The molecule has 8 nitrogen and oxygen atoms in total. The second-order valence-electron chi connectivity index (χ2n) is 11.5. The summed E-state index contributed by atoms with van der Waals surface area (Å²) in [4.78, 5) is 47.8. The van der Waals surface area contributed by atoms with Gasteiger partial charge >= 0.3 is 0 Å². The van der Waals surface area contributed by atoms with Crippen LogP contribution < -0.4 is 0 Å². The molecule has 3 saturated heterocycles. The molecule has 7 atom stereocenters. The summed E-state index contributed by atoms with van der Waals surface area (Å²) in [6.07, 6.45) is 4.63. The summed E-state index contributed by atoms with van der Waals surface area (Å²) >= 11 is 0. The first-order valence-electron chi connectivity index (χ1n) is 14.1. The van der Waals surface area contributed by atoms with Gasteiger partial charge in [0, 0.05) is 26.2 Å². The maximum absolute atomic E-state index is 14.5. The van der Waals surface area contributed by atoms with Crippen LogP contribution in [0.3, 0.4) is 0 Å². The summed E-state index contributed by atoms with van der Waals surface area (Å²) in [6.45, 7) is 16.6. The Morgan fingerprint density at radius 3 is 2.41 bits per heavy atom. The van der Waals surface area contributed by atoms with Crippen molar-refractivity contribution >= 4 is 17.7 Å². The lowest BCUT2D eigenvalue weighted by atomic mass is 9.62. The molecule has 3 fully saturated rings. The van der Waals surface area contributed by atoms with Gasteiger partial charge in [0.25, 0.3) is 0 Å². The Morgan fingerprint density at radius 2 is 1.82 bits per heavy atom. The smallest absolute Gasteiger partial charge is 0.249 e. The highest BCUT2D eigenvalue weighted by atomic mass is 16.5. The van der Waals surface area contributed by atoms with Crippen LogP contribution in [-0.4, -0.2) is 87.1 Å². The van der Waals surface area contributed by atoms with Crippen molar-refractivity contribution in [2.24, 2.45) is 17.8 Å². The SMILES string of the molecule is C=CCN(Cc1ccccc1)C(=O)C1N([C@H](C)CO)C(=O)[C@@H]2[C@H](C(=O)N(CC=C)CCC)[C@@]3(C)OC12CC3C. The Hall–Kier alpha value is -2.97. The number of amides is 3. The number of likely N-dealkylation sites (tertiary alicyclic amines) is 1. The summed E-state index contributed by atoms with van der Waals surface area (Å²) < 4.78 is 6.84. The first-order valence-corrected chi connectivity index (χ1v) is 14.1. The predicted molar refractivity (Wildman–Crippen MR) is 149 cm³/mol. The third kappa shape index (κ3) is 4.61. The van der Waals surface area contributed by atoms with Crippen molar-refractivity contribution in [3.05, 3.63) is 61.2 Å². The van der Waals surface area contributed by atoms with Crippen LogP contribution in [0.25, 0.3) is 0 Å². The average molecular weight is 538 g/mol. The first-order chi connectivity index (χ1) is 18.6. The zero-order chi connectivity index (χ0) is 28.5. The van der Waals surface area contributed by atoms with Crippen molar-refractivity contribution in [3.63, 3.8) is 0 Å². The van der Waals surface area contributed by atoms with Gasteiger partial charge in [-0.1, -0.05) is 56.3 Å². The number of hydrogen-bond donors (Lipinski definition) is 1. The van der Waals surface area contributed by atoms with Gasteiger partial charge in [0.1, 0.15) is 11.6 Å². The number of aliphatic hydroxyl groups excluding tert-OH is 1. The molecular weight excluding hydrogens is 494 g/mol. The van der Waals surface area contributed by atoms with Crippen LogP contribution in [0.4, 0.5) is 0 Å². The van der Waals surface area contributed by atoms with Crippen LogP contribution >= 0.6 is 0 Å². The number of nitrogens with zero attached hydrogens (tertiary/aromatic N) is 3. The van der Waals surface area contributed by atoms with E-state index in [4.69, 9.17) is 4.74 Å². The lowest BCUT2D eigenvalue weighted by Gasteiger charge is -2.39. The zero-order valence-electron chi connectivity index (χ0n) is 23.7. The van der Waals surface area contributed by atoms with Crippen LogP contribution in [0.1, 0.15) is 46.1 Å². The zero-order valence-corrected chi connectivity index (χ0v) is 23.7. The maximum Gasteiger partial charge on any atom is 0.249 e. The van der Waals surface area contributed by atoms with E-state index >= 15 is 0 Å². The van der Waals surface area contributed by atoms with Crippen molar-refractivity contribution in [1.29, 1.82) is 0 Å². The van der Waals surface area contributed by atoms with Crippen LogP contribution in [0.2, 0.25) is 0 Å². The van der Waals surface area contributed by atoms with E-state index in [1.165, 1.54) is 4.90 Å². The van der Waals surface area contributed by atoms with E-state index in [9.17, 15) is 19.5 Å². The normalized spacial score (nSPS) is 31.6. The minimum absolute atomic E-state index is 0.0515. The monoisotopic (exact) mass is 537 g/mol. The van der Waals surface area contributed by atoms with Gasteiger partial charge in [-0.3, -0.25) is 14.4 Å². The van der Waals surface area contributed by atoms with E-state index in [2.05, 4.69) is 13.2 Å². The number of fused-ring (bicyclic) bond motifs is 1. The highest BCUT2D eigenvalue weighted by Gasteiger charge is 2.80. The fourth-order valence-electron chi connectivity index (χ4n) is 7.17. The van der Waals surface area contributed by atoms with Crippen molar-refractivity contribution < 1.29 is 24.2 Å². The second kappa shape index (κ2) is 11.3. The molecule has 3 heterocycles. The third-order valence-electron chi connectivity index (χ3n) is 9.02. The topological polar surface area (TPSA) is 90.4 Å². The van der Waals surface area contributed by atoms with Crippen LogP contribution in [-0.2, 0) is 25.7 Å². The summed E-state index contributed by atoms with van der Waals surface area (Å²) in [5, 5.41) is 10.2. The predicted octanol–water partition coefficient (Wildman–Crippen LogP) is 3.02. The van der Waals surface area contributed by atoms with Crippen molar-refractivity contribution in [2.75, 3.05) is 26.2 Å². The molecule has 0 saturated carbocycles. The molecule has 3 amide bonds. The molecule has 1 aromatic carbocycles. The van der Waals surface area contributed by atoms with Gasteiger partial charge in [-0.25, -0.2) is 0 Å². The number of hydrogen-bond acceptors (Lipinski definition) is 5. The fourth-order valence-corrected chi connectivity index (χ4v) is 7.17. The molecule has 1 N–H and O–H groups in total. The number of carbonyl (C=O) groups is 3.